The SMILES string of the molecule is CCc1nc(C)cc(NC2CCCCCC2O)n1. The topological polar surface area (TPSA) is 58.0 Å². The van der Waals surface area contributed by atoms with E-state index in [2.05, 4.69) is 22.2 Å². The van der Waals surface area contributed by atoms with Gasteiger partial charge in [-0.1, -0.05) is 26.2 Å². The molecule has 1 aliphatic rings. The lowest BCUT2D eigenvalue weighted by molar-refractivity contribution is 0.144. The summed E-state index contributed by atoms with van der Waals surface area (Å²) in [6.45, 7) is 4.04. The van der Waals surface area contributed by atoms with Crippen molar-refractivity contribution < 1.29 is 5.11 Å². The molecule has 2 atom stereocenters. The van der Waals surface area contributed by atoms with Crippen LogP contribution in [0.2, 0.25) is 0 Å². The van der Waals surface area contributed by atoms with E-state index in [1.807, 2.05) is 13.0 Å². The van der Waals surface area contributed by atoms with E-state index in [1.54, 1.807) is 0 Å². The zero-order valence-corrected chi connectivity index (χ0v) is 11.3. The van der Waals surface area contributed by atoms with Crippen molar-refractivity contribution in [2.75, 3.05) is 5.32 Å². The van der Waals surface area contributed by atoms with E-state index >= 15 is 0 Å². The van der Waals surface area contributed by atoms with Crippen LogP contribution in [0.15, 0.2) is 6.07 Å². The van der Waals surface area contributed by atoms with Gasteiger partial charge in [0, 0.05) is 18.2 Å². The average molecular weight is 249 g/mol. The van der Waals surface area contributed by atoms with E-state index < -0.39 is 0 Å². The van der Waals surface area contributed by atoms with Gasteiger partial charge in [-0.15, -0.1) is 0 Å². The largest absolute Gasteiger partial charge is 0.391 e. The zero-order valence-electron chi connectivity index (χ0n) is 11.3. The second-order valence-corrected chi connectivity index (χ2v) is 5.12. The number of aromatic nitrogens is 2. The number of aliphatic hydroxyl groups is 1. The minimum Gasteiger partial charge on any atom is -0.391 e. The van der Waals surface area contributed by atoms with E-state index in [0.717, 1.165) is 43.0 Å². The first-order chi connectivity index (χ1) is 8.69. The predicted octanol–water partition coefficient (Wildman–Crippen LogP) is 2.45. The van der Waals surface area contributed by atoms with Crippen LogP contribution in [0.1, 0.15) is 50.5 Å². The molecule has 4 heteroatoms. The molecule has 1 aromatic rings. The van der Waals surface area contributed by atoms with Gasteiger partial charge in [0.25, 0.3) is 0 Å². The van der Waals surface area contributed by atoms with Gasteiger partial charge in [0.15, 0.2) is 0 Å². The first kappa shape index (κ1) is 13.3. The smallest absolute Gasteiger partial charge is 0.130 e. The third-order valence-electron chi connectivity index (χ3n) is 3.53. The predicted molar refractivity (Wildman–Crippen MR) is 72.6 cm³/mol. The van der Waals surface area contributed by atoms with Crippen molar-refractivity contribution in [1.82, 2.24) is 9.97 Å². The summed E-state index contributed by atoms with van der Waals surface area (Å²) in [5.74, 6) is 1.71. The monoisotopic (exact) mass is 249 g/mol. The number of hydrogen-bond donors (Lipinski definition) is 2. The molecule has 2 rings (SSSR count). The number of anilines is 1. The molecule has 1 saturated carbocycles. The van der Waals surface area contributed by atoms with E-state index in [9.17, 15) is 5.11 Å². The van der Waals surface area contributed by atoms with Crippen molar-refractivity contribution in [3.8, 4) is 0 Å². The van der Waals surface area contributed by atoms with Gasteiger partial charge in [0.1, 0.15) is 11.6 Å². The van der Waals surface area contributed by atoms with E-state index in [1.165, 1.54) is 12.8 Å². The molecule has 18 heavy (non-hydrogen) atoms. The van der Waals surface area contributed by atoms with Gasteiger partial charge in [-0.25, -0.2) is 9.97 Å². The molecule has 0 amide bonds. The lowest BCUT2D eigenvalue weighted by Gasteiger charge is -2.22. The molecule has 100 valence electrons. The minimum atomic E-state index is -0.257. The average Bonchev–Trinajstić information content (AvgIpc) is 2.54. The molecule has 1 fully saturated rings. The van der Waals surface area contributed by atoms with Crippen molar-refractivity contribution in [2.24, 2.45) is 0 Å². The second kappa shape index (κ2) is 6.14. The summed E-state index contributed by atoms with van der Waals surface area (Å²) < 4.78 is 0. The summed E-state index contributed by atoms with van der Waals surface area (Å²) in [5.41, 5.74) is 0.979. The summed E-state index contributed by atoms with van der Waals surface area (Å²) in [6.07, 6.45) is 6.02. The number of hydrogen-bond acceptors (Lipinski definition) is 4. The third kappa shape index (κ3) is 3.42. The highest BCUT2D eigenvalue weighted by Gasteiger charge is 2.21. The summed E-state index contributed by atoms with van der Waals surface area (Å²) in [4.78, 5) is 8.85. The van der Waals surface area contributed by atoms with Gasteiger partial charge < -0.3 is 10.4 Å². The van der Waals surface area contributed by atoms with Crippen LogP contribution in [0, 0.1) is 6.92 Å². The van der Waals surface area contributed by atoms with Gasteiger partial charge in [-0.05, 0) is 19.8 Å². The number of nitrogens with zero attached hydrogens (tertiary/aromatic N) is 2. The number of aliphatic hydroxyl groups excluding tert-OH is 1. The maximum atomic E-state index is 10.1. The quantitative estimate of drug-likeness (QED) is 0.808. The molecule has 0 aliphatic heterocycles. The summed E-state index contributed by atoms with van der Waals surface area (Å²) in [7, 11) is 0. The van der Waals surface area contributed by atoms with E-state index in [4.69, 9.17) is 0 Å². The number of nitrogens with one attached hydrogen (secondary N) is 1. The van der Waals surface area contributed by atoms with Crippen LogP contribution < -0.4 is 5.32 Å². The lowest BCUT2D eigenvalue weighted by Crippen LogP contribution is -2.33. The van der Waals surface area contributed by atoms with Crippen molar-refractivity contribution >= 4 is 5.82 Å². The second-order valence-electron chi connectivity index (χ2n) is 5.12. The molecule has 2 N–H and O–H groups in total. The summed E-state index contributed by atoms with van der Waals surface area (Å²) >= 11 is 0. The molecule has 1 aliphatic carbocycles. The Labute approximate surface area is 109 Å². The maximum Gasteiger partial charge on any atom is 0.130 e. The van der Waals surface area contributed by atoms with Gasteiger partial charge in [0.05, 0.1) is 12.1 Å². The van der Waals surface area contributed by atoms with Crippen LogP contribution in [0.5, 0.6) is 0 Å². The molecular weight excluding hydrogens is 226 g/mol. The van der Waals surface area contributed by atoms with Crippen molar-refractivity contribution in [2.45, 2.75) is 64.5 Å². The van der Waals surface area contributed by atoms with Crippen molar-refractivity contribution in [3.63, 3.8) is 0 Å². The first-order valence-corrected chi connectivity index (χ1v) is 6.98. The zero-order chi connectivity index (χ0) is 13.0. The number of aryl methyl sites for hydroxylation is 2. The molecule has 0 radical (unpaired) electrons. The van der Waals surface area contributed by atoms with E-state index in [-0.39, 0.29) is 12.1 Å². The van der Waals surface area contributed by atoms with E-state index in [0.29, 0.717) is 0 Å². The van der Waals surface area contributed by atoms with Crippen LogP contribution in [0.3, 0.4) is 0 Å². The van der Waals surface area contributed by atoms with Gasteiger partial charge in [0.2, 0.25) is 0 Å². The Balaban J connectivity index is 2.09. The standard InChI is InChI=1S/C14H23N3O/c1-3-13-15-10(2)9-14(17-13)16-11-7-5-4-6-8-12(11)18/h9,11-12,18H,3-8H2,1-2H3,(H,15,16,17). The highest BCUT2D eigenvalue weighted by molar-refractivity contribution is 5.37. The minimum absolute atomic E-state index is 0.131. The van der Waals surface area contributed by atoms with Crippen LogP contribution in [-0.4, -0.2) is 27.2 Å². The summed E-state index contributed by atoms with van der Waals surface area (Å²) in [6, 6.07) is 2.09. The molecule has 0 saturated heterocycles. The first-order valence-electron chi connectivity index (χ1n) is 6.98. The van der Waals surface area contributed by atoms with Crippen LogP contribution in [0.25, 0.3) is 0 Å². The van der Waals surface area contributed by atoms with Crippen LogP contribution in [0.4, 0.5) is 5.82 Å². The van der Waals surface area contributed by atoms with Crippen LogP contribution in [-0.2, 0) is 6.42 Å². The lowest BCUT2D eigenvalue weighted by atomic mass is 10.1. The Morgan fingerprint density at radius 3 is 2.83 bits per heavy atom. The van der Waals surface area contributed by atoms with Gasteiger partial charge in [-0.2, -0.15) is 0 Å². The highest BCUT2D eigenvalue weighted by atomic mass is 16.3. The van der Waals surface area contributed by atoms with Crippen LogP contribution >= 0.6 is 0 Å². The molecule has 0 bridgehead atoms. The highest BCUT2D eigenvalue weighted by Crippen LogP contribution is 2.21. The molecule has 4 nitrogen and oxygen atoms in total. The molecule has 0 spiro atoms. The fourth-order valence-electron chi connectivity index (χ4n) is 2.51. The Hall–Kier alpha value is -1.16. The summed E-state index contributed by atoms with van der Waals surface area (Å²) in [5, 5.41) is 13.5. The van der Waals surface area contributed by atoms with Gasteiger partial charge in [-0.3, -0.25) is 0 Å². The third-order valence-corrected chi connectivity index (χ3v) is 3.53. The fourth-order valence-corrected chi connectivity index (χ4v) is 2.51. The normalized spacial score (nSPS) is 24.6. The Bertz CT molecular complexity index is 395. The molecule has 2 unspecified atom stereocenters. The van der Waals surface area contributed by atoms with Crippen molar-refractivity contribution in [3.05, 3.63) is 17.6 Å². The molecular formula is C14H23N3O. The molecule has 1 aromatic heterocycles. The fraction of sp³-hybridized carbons (Fsp3) is 0.714. The Morgan fingerprint density at radius 1 is 1.28 bits per heavy atom. The molecule has 1 heterocycles. The number of rotatable bonds is 3. The maximum absolute atomic E-state index is 10.1. The Kier molecular flexibility index (Phi) is 4.53. The molecule has 0 aromatic carbocycles. The van der Waals surface area contributed by atoms with Gasteiger partial charge >= 0.3 is 0 Å². The van der Waals surface area contributed by atoms with Crippen molar-refractivity contribution in [1.29, 1.82) is 0 Å². The Morgan fingerprint density at radius 2 is 2.06 bits per heavy atom.